The van der Waals surface area contributed by atoms with Gasteiger partial charge in [0.25, 0.3) is 0 Å². The molecule has 0 aromatic heterocycles. The number of carbonyl (C=O) groups excluding carboxylic acids is 2. The molecule has 2 rings (SSSR count). The molecule has 1 aliphatic rings. The van der Waals surface area contributed by atoms with Crippen LogP contribution in [0.25, 0.3) is 0 Å². The normalized spacial score (nSPS) is 20.3. The first-order chi connectivity index (χ1) is 8.58. The van der Waals surface area contributed by atoms with Gasteiger partial charge in [0, 0.05) is 17.4 Å². The highest BCUT2D eigenvalue weighted by Gasteiger charge is 2.31. The second-order valence-corrected chi connectivity index (χ2v) is 5.32. The van der Waals surface area contributed by atoms with Gasteiger partial charge >= 0.3 is 0 Å². The van der Waals surface area contributed by atoms with Gasteiger partial charge in [-0.3, -0.25) is 14.5 Å². The van der Waals surface area contributed by atoms with Crippen LogP contribution >= 0.6 is 15.9 Å². The van der Waals surface area contributed by atoms with Crippen molar-refractivity contribution < 1.29 is 9.59 Å². The van der Waals surface area contributed by atoms with Crippen molar-refractivity contribution >= 4 is 27.7 Å². The lowest BCUT2D eigenvalue weighted by Gasteiger charge is -2.28. The van der Waals surface area contributed by atoms with Crippen molar-refractivity contribution in [3.63, 3.8) is 0 Å². The Bertz CT molecular complexity index is 459. The van der Waals surface area contributed by atoms with Crippen molar-refractivity contribution in [2.75, 3.05) is 6.54 Å². The summed E-state index contributed by atoms with van der Waals surface area (Å²) in [5.74, 6) is -0.359. The van der Waals surface area contributed by atoms with E-state index in [1.165, 1.54) is 4.90 Å². The van der Waals surface area contributed by atoms with Crippen molar-refractivity contribution in [1.82, 2.24) is 4.90 Å². The summed E-state index contributed by atoms with van der Waals surface area (Å²) >= 11 is 3.36. The molecule has 0 aliphatic carbocycles. The van der Waals surface area contributed by atoms with Gasteiger partial charge in [0.05, 0.1) is 6.04 Å². The maximum absolute atomic E-state index is 11.8. The maximum Gasteiger partial charge on any atom is 0.246 e. The molecule has 0 spiro atoms. The zero-order valence-electron chi connectivity index (χ0n) is 9.93. The molecule has 2 amide bonds. The number of benzene rings is 1. The second kappa shape index (κ2) is 5.63. The number of nitrogens with zero attached hydrogens (tertiary/aromatic N) is 1. The second-order valence-electron chi connectivity index (χ2n) is 4.41. The number of nitrogens with two attached hydrogens (primary N) is 1. The molecule has 1 aromatic carbocycles. The lowest BCUT2D eigenvalue weighted by molar-refractivity contribution is -0.149. The van der Waals surface area contributed by atoms with Crippen LogP contribution in [0, 0.1) is 0 Å². The molecule has 1 heterocycles. The van der Waals surface area contributed by atoms with Crippen LogP contribution in [0.1, 0.15) is 18.4 Å². The Labute approximate surface area is 114 Å². The Morgan fingerprint density at radius 3 is 2.61 bits per heavy atom. The van der Waals surface area contributed by atoms with Gasteiger partial charge in [-0.2, -0.15) is 0 Å². The van der Waals surface area contributed by atoms with E-state index in [1.54, 1.807) is 0 Å². The van der Waals surface area contributed by atoms with E-state index in [0.717, 1.165) is 10.0 Å². The SMILES string of the molecule is NC1CCC(=O)N(CCc2ccc(Br)cc2)C1=O. The van der Waals surface area contributed by atoms with E-state index >= 15 is 0 Å². The fourth-order valence-electron chi connectivity index (χ4n) is 1.99. The number of imide groups is 1. The molecule has 0 radical (unpaired) electrons. The molecule has 4 nitrogen and oxygen atoms in total. The third-order valence-corrected chi connectivity index (χ3v) is 3.62. The summed E-state index contributed by atoms with van der Waals surface area (Å²) in [6, 6.07) is 7.32. The van der Waals surface area contributed by atoms with Gasteiger partial charge in [0.1, 0.15) is 0 Å². The Hall–Kier alpha value is -1.20. The van der Waals surface area contributed by atoms with Gasteiger partial charge < -0.3 is 5.73 Å². The van der Waals surface area contributed by atoms with E-state index in [1.807, 2.05) is 24.3 Å². The number of hydrogen-bond acceptors (Lipinski definition) is 3. The van der Waals surface area contributed by atoms with Crippen LogP contribution in [0.15, 0.2) is 28.7 Å². The largest absolute Gasteiger partial charge is 0.320 e. The molecule has 1 unspecified atom stereocenters. The van der Waals surface area contributed by atoms with Gasteiger partial charge in [-0.15, -0.1) is 0 Å². The molecular weight excluding hydrogens is 296 g/mol. The number of likely N-dealkylation sites (tertiary alicyclic amines) is 1. The van der Waals surface area contributed by atoms with Crippen LogP contribution in [0.3, 0.4) is 0 Å². The summed E-state index contributed by atoms with van der Waals surface area (Å²) < 4.78 is 1.01. The van der Waals surface area contributed by atoms with Gasteiger partial charge in [-0.05, 0) is 30.5 Å². The third kappa shape index (κ3) is 2.97. The molecule has 0 saturated carbocycles. The molecule has 5 heteroatoms. The summed E-state index contributed by atoms with van der Waals surface area (Å²) in [6.45, 7) is 0.410. The van der Waals surface area contributed by atoms with Gasteiger partial charge in [-0.25, -0.2) is 0 Å². The highest BCUT2D eigenvalue weighted by Crippen LogP contribution is 2.14. The Morgan fingerprint density at radius 2 is 1.94 bits per heavy atom. The van der Waals surface area contributed by atoms with E-state index in [-0.39, 0.29) is 11.8 Å². The number of amides is 2. The van der Waals surface area contributed by atoms with E-state index < -0.39 is 6.04 Å². The number of halogens is 1. The van der Waals surface area contributed by atoms with Gasteiger partial charge in [-0.1, -0.05) is 28.1 Å². The number of carbonyl (C=O) groups is 2. The first-order valence-electron chi connectivity index (χ1n) is 5.92. The number of piperidine rings is 1. The van der Waals surface area contributed by atoms with Crippen molar-refractivity contribution in [2.45, 2.75) is 25.3 Å². The first kappa shape index (κ1) is 13.2. The smallest absolute Gasteiger partial charge is 0.246 e. The molecule has 1 aromatic rings. The van der Waals surface area contributed by atoms with Gasteiger partial charge in [0.2, 0.25) is 11.8 Å². The third-order valence-electron chi connectivity index (χ3n) is 3.09. The van der Waals surface area contributed by atoms with Crippen LogP contribution < -0.4 is 5.73 Å². The highest BCUT2D eigenvalue weighted by atomic mass is 79.9. The maximum atomic E-state index is 11.8. The molecule has 0 bridgehead atoms. The van der Waals surface area contributed by atoms with Gasteiger partial charge in [0.15, 0.2) is 0 Å². The number of hydrogen-bond donors (Lipinski definition) is 1. The lowest BCUT2D eigenvalue weighted by atomic mass is 10.0. The van der Waals surface area contributed by atoms with Crippen LogP contribution in [0.4, 0.5) is 0 Å². The summed E-state index contributed by atoms with van der Waals surface area (Å²) in [6.07, 6.45) is 1.50. The van der Waals surface area contributed by atoms with E-state index in [4.69, 9.17) is 5.73 Å². The average Bonchev–Trinajstić information content (AvgIpc) is 2.36. The summed E-state index contributed by atoms with van der Waals surface area (Å²) in [7, 11) is 0. The minimum absolute atomic E-state index is 0.112. The van der Waals surface area contributed by atoms with E-state index in [0.29, 0.717) is 25.8 Å². The van der Waals surface area contributed by atoms with Crippen molar-refractivity contribution in [3.05, 3.63) is 34.3 Å². The average molecular weight is 311 g/mol. The van der Waals surface area contributed by atoms with Crippen molar-refractivity contribution in [3.8, 4) is 0 Å². The fraction of sp³-hybridized carbons (Fsp3) is 0.385. The molecular formula is C13H15BrN2O2. The zero-order valence-corrected chi connectivity index (χ0v) is 11.5. The molecule has 96 valence electrons. The van der Waals surface area contributed by atoms with Crippen LogP contribution in [-0.2, 0) is 16.0 Å². The Morgan fingerprint density at radius 1 is 1.28 bits per heavy atom. The van der Waals surface area contributed by atoms with Crippen LogP contribution in [-0.4, -0.2) is 29.3 Å². The molecule has 18 heavy (non-hydrogen) atoms. The predicted octanol–water partition coefficient (Wildman–Crippen LogP) is 1.47. The number of rotatable bonds is 3. The Kier molecular flexibility index (Phi) is 4.14. The van der Waals surface area contributed by atoms with E-state index in [9.17, 15) is 9.59 Å². The minimum atomic E-state index is -0.521. The lowest BCUT2D eigenvalue weighted by Crippen LogP contribution is -2.51. The monoisotopic (exact) mass is 310 g/mol. The van der Waals surface area contributed by atoms with Crippen molar-refractivity contribution in [1.29, 1.82) is 0 Å². The molecule has 1 aliphatic heterocycles. The molecule has 1 atom stereocenters. The summed E-state index contributed by atoms with van der Waals surface area (Å²) in [4.78, 5) is 24.7. The standard InChI is InChI=1S/C13H15BrN2O2/c14-10-3-1-9(2-4-10)7-8-16-12(17)6-5-11(15)13(16)18/h1-4,11H,5-8,15H2. The zero-order chi connectivity index (χ0) is 13.1. The minimum Gasteiger partial charge on any atom is -0.320 e. The van der Waals surface area contributed by atoms with Crippen molar-refractivity contribution in [2.24, 2.45) is 5.73 Å². The highest BCUT2D eigenvalue weighted by molar-refractivity contribution is 9.10. The quantitative estimate of drug-likeness (QED) is 0.860. The predicted molar refractivity (Wildman–Crippen MR) is 71.8 cm³/mol. The molecule has 1 fully saturated rings. The topological polar surface area (TPSA) is 63.4 Å². The van der Waals surface area contributed by atoms with Crippen LogP contribution in [0.5, 0.6) is 0 Å². The fourth-order valence-corrected chi connectivity index (χ4v) is 2.25. The molecule has 2 N–H and O–H groups in total. The summed E-state index contributed by atoms with van der Waals surface area (Å²) in [5, 5.41) is 0. The first-order valence-corrected chi connectivity index (χ1v) is 6.71. The summed E-state index contributed by atoms with van der Waals surface area (Å²) in [5.41, 5.74) is 6.77. The van der Waals surface area contributed by atoms with Crippen LogP contribution in [0.2, 0.25) is 0 Å². The Balaban J connectivity index is 1.98. The molecule has 1 saturated heterocycles. The van der Waals surface area contributed by atoms with E-state index in [2.05, 4.69) is 15.9 Å².